The van der Waals surface area contributed by atoms with Crippen molar-refractivity contribution in [3.8, 4) is 0 Å². The van der Waals surface area contributed by atoms with Crippen LogP contribution in [0.5, 0.6) is 0 Å². The van der Waals surface area contributed by atoms with Crippen molar-refractivity contribution in [3.63, 3.8) is 0 Å². The second-order valence-electron chi connectivity index (χ2n) is 5.20. The Labute approximate surface area is 201 Å². The summed E-state index contributed by atoms with van der Waals surface area (Å²) in [6, 6.07) is 0. The van der Waals surface area contributed by atoms with E-state index in [9.17, 15) is 0 Å². The Morgan fingerprint density at radius 3 is 0.278 bits per heavy atom. The Bertz CT molecular complexity index is 551. The minimum atomic E-state index is -4.64. The summed E-state index contributed by atoms with van der Waals surface area (Å²) >= 11 is 0. The van der Waals surface area contributed by atoms with E-state index in [-0.39, 0.29) is 0 Å². The lowest BCUT2D eigenvalue weighted by atomic mass is 10.0. The first-order valence-corrected chi connectivity index (χ1v) is 17.1. The smallest absolute Gasteiger partial charge is 0.303 e. The molecule has 0 aromatic heterocycles. The van der Waals surface area contributed by atoms with Crippen molar-refractivity contribution in [1.29, 1.82) is 0 Å². The van der Waals surface area contributed by atoms with Gasteiger partial charge < -0.3 is 88.1 Å². The SMILES string of the molecule is C1CCCCC1.O=P(O)(O)O.O=P(O)(O)O.O=P(O)(O)O.O=P(O)(O)O.O=P(O)(O)O.O=P(O)(O)O. The van der Waals surface area contributed by atoms with E-state index in [0.29, 0.717) is 0 Å². The van der Waals surface area contributed by atoms with Crippen LogP contribution in [0, 0.1) is 0 Å². The molecule has 1 aliphatic carbocycles. The van der Waals surface area contributed by atoms with E-state index in [4.69, 9.17) is 115 Å². The van der Waals surface area contributed by atoms with Gasteiger partial charge in [0.2, 0.25) is 0 Å². The lowest BCUT2D eigenvalue weighted by Crippen LogP contribution is -1.85. The summed E-state index contributed by atoms with van der Waals surface area (Å²) in [5.74, 6) is 0. The molecule has 0 aromatic rings. The molecule has 0 spiro atoms. The van der Waals surface area contributed by atoms with Crippen LogP contribution in [0.15, 0.2) is 0 Å². The third-order valence-corrected chi connectivity index (χ3v) is 1.50. The minimum absolute atomic E-state index is 1.50. The highest BCUT2D eigenvalue weighted by molar-refractivity contribution is 7.46. The molecule has 1 saturated carbocycles. The second kappa shape index (κ2) is 23.5. The Kier molecular flexibility index (Phi) is 32.4. The molecular formula is C6H30O24P6. The van der Waals surface area contributed by atoms with Crippen molar-refractivity contribution >= 4 is 46.9 Å². The maximum absolute atomic E-state index is 8.88. The molecule has 0 saturated heterocycles. The van der Waals surface area contributed by atoms with E-state index < -0.39 is 46.9 Å². The Balaban J connectivity index is -0.0000000731. The third kappa shape index (κ3) is 885. The van der Waals surface area contributed by atoms with E-state index in [1.54, 1.807) is 0 Å². The van der Waals surface area contributed by atoms with Gasteiger partial charge in [0.1, 0.15) is 0 Å². The van der Waals surface area contributed by atoms with Gasteiger partial charge in [-0.2, -0.15) is 0 Å². The van der Waals surface area contributed by atoms with E-state index >= 15 is 0 Å². The van der Waals surface area contributed by atoms with E-state index in [2.05, 4.69) is 0 Å². The van der Waals surface area contributed by atoms with Crippen LogP contribution in [-0.2, 0) is 27.4 Å². The van der Waals surface area contributed by atoms with Crippen LogP contribution >= 0.6 is 46.9 Å². The molecule has 36 heavy (non-hydrogen) atoms. The van der Waals surface area contributed by atoms with Gasteiger partial charge in [0.05, 0.1) is 0 Å². The molecule has 0 aliphatic heterocycles. The standard InChI is InChI=1S/C6H12.6H3O4P/c1-2-4-6-5-3-1;6*1-5(2,3)4/h1-6H2;6*(H3,1,2,3,4). The first kappa shape index (κ1) is 49.6. The van der Waals surface area contributed by atoms with Crippen molar-refractivity contribution in [2.75, 3.05) is 0 Å². The molecule has 18 N–H and O–H groups in total. The Morgan fingerprint density at radius 2 is 0.250 bits per heavy atom. The summed E-state index contributed by atoms with van der Waals surface area (Å²) in [5.41, 5.74) is 0. The van der Waals surface area contributed by atoms with E-state index in [1.165, 1.54) is 38.5 Å². The van der Waals surface area contributed by atoms with Crippen LogP contribution in [-0.4, -0.2) is 88.1 Å². The van der Waals surface area contributed by atoms with Gasteiger partial charge in [-0.1, -0.05) is 38.5 Å². The molecule has 0 heterocycles. The van der Waals surface area contributed by atoms with Crippen LogP contribution in [0.4, 0.5) is 0 Å². The van der Waals surface area contributed by atoms with Crippen LogP contribution < -0.4 is 0 Å². The van der Waals surface area contributed by atoms with Crippen LogP contribution in [0.3, 0.4) is 0 Å². The molecule has 0 amide bonds. The molecule has 0 unspecified atom stereocenters. The number of hydrogen-bond donors (Lipinski definition) is 18. The van der Waals surface area contributed by atoms with Gasteiger partial charge in [0.25, 0.3) is 0 Å². The van der Waals surface area contributed by atoms with Crippen molar-refractivity contribution in [1.82, 2.24) is 0 Å². The average molecular weight is 672 g/mol. The van der Waals surface area contributed by atoms with Gasteiger partial charge in [0, 0.05) is 0 Å². The normalized spacial score (nSPS) is 13.8. The zero-order valence-corrected chi connectivity index (χ0v) is 22.8. The molecule has 0 bridgehead atoms. The van der Waals surface area contributed by atoms with Crippen molar-refractivity contribution in [3.05, 3.63) is 0 Å². The molecule has 1 aliphatic rings. The third-order valence-electron chi connectivity index (χ3n) is 1.50. The van der Waals surface area contributed by atoms with Crippen LogP contribution in [0.1, 0.15) is 38.5 Å². The molecule has 30 heteroatoms. The first-order valence-electron chi connectivity index (χ1n) is 7.70. The van der Waals surface area contributed by atoms with Gasteiger partial charge in [-0.15, -0.1) is 0 Å². The first-order chi connectivity index (χ1) is 15.0. The van der Waals surface area contributed by atoms with Crippen LogP contribution in [0.2, 0.25) is 0 Å². The number of hydrogen-bond acceptors (Lipinski definition) is 6. The second-order valence-corrected chi connectivity index (χ2v) is 11.4. The number of rotatable bonds is 0. The van der Waals surface area contributed by atoms with Crippen molar-refractivity contribution in [2.45, 2.75) is 38.5 Å². The van der Waals surface area contributed by atoms with Gasteiger partial charge in [-0.05, 0) is 0 Å². The zero-order valence-electron chi connectivity index (χ0n) is 17.4. The fourth-order valence-electron chi connectivity index (χ4n) is 1.06. The summed E-state index contributed by atoms with van der Waals surface area (Å²) in [5, 5.41) is 0. The summed E-state index contributed by atoms with van der Waals surface area (Å²) in [6.07, 6.45) is 9.00. The summed E-state index contributed by atoms with van der Waals surface area (Å²) < 4.78 is 53.3. The lowest BCUT2D eigenvalue weighted by Gasteiger charge is -2.05. The molecule has 1 rings (SSSR count). The molecule has 0 aromatic carbocycles. The monoisotopic (exact) mass is 672 g/mol. The summed E-state index contributed by atoms with van der Waals surface area (Å²) in [7, 11) is -27.8. The van der Waals surface area contributed by atoms with Gasteiger partial charge in [-0.25, -0.2) is 27.4 Å². The molecule has 0 radical (unpaired) electrons. The molecule has 228 valence electrons. The maximum Gasteiger partial charge on any atom is 0.466 e. The molecule has 1 fully saturated rings. The van der Waals surface area contributed by atoms with Gasteiger partial charge >= 0.3 is 46.9 Å². The zero-order chi connectivity index (χ0) is 31.2. The maximum atomic E-state index is 8.88. The highest BCUT2D eigenvalue weighted by Crippen LogP contribution is 2.27. The van der Waals surface area contributed by atoms with Crippen molar-refractivity contribution < 1.29 is 115 Å². The summed E-state index contributed by atoms with van der Waals surface area (Å²) in [6.45, 7) is 0. The number of phosphoric acid groups is 6. The quantitative estimate of drug-likeness (QED) is 0.112. The van der Waals surface area contributed by atoms with E-state index in [0.717, 1.165) is 0 Å². The fourth-order valence-corrected chi connectivity index (χ4v) is 1.06. The predicted molar refractivity (Wildman–Crippen MR) is 113 cm³/mol. The molecular weight excluding hydrogens is 642 g/mol. The molecule has 24 nitrogen and oxygen atoms in total. The predicted octanol–water partition coefficient (Wildman–Crippen LogP) is -3.23. The largest absolute Gasteiger partial charge is 0.466 e. The average Bonchev–Trinajstić information content (AvgIpc) is 2.37. The topological polar surface area (TPSA) is 467 Å². The van der Waals surface area contributed by atoms with Gasteiger partial charge in [0.15, 0.2) is 0 Å². The highest BCUT2D eigenvalue weighted by atomic mass is 31.2. The Morgan fingerprint density at radius 1 is 0.222 bits per heavy atom. The summed E-state index contributed by atoms with van der Waals surface area (Å²) in [4.78, 5) is 129. The van der Waals surface area contributed by atoms with Crippen LogP contribution in [0.25, 0.3) is 0 Å². The lowest BCUT2D eigenvalue weighted by molar-refractivity contribution is 0.272. The minimum Gasteiger partial charge on any atom is -0.303 e. The van der Waals surface area contributed by atoms with Gasteiger partial charge in [-0.3, -0.25) is 0 Å². The Hall–Kier alpha value is 0.660. The molecule has 0 atom stereocenters. The highest BCUT2D eigenvalue weighted by Gasteiger charge is 2.02. The fraction of sp³-hybridized carbons (Fsp3) is 1.00. The van der Waals surface area contributed by atoms with Crippen molar-refractivity contribution in [2.24, 2.45) is 0 Å². The van der Waals surface area contributed by atoms with E-state index in [1.807, 2.05) is 0 Å².